The highest BCUT2D eigenvalue weighted by molar-refractivity contribution is 6.33. The fraction of sp³-hybridized carbons (Fsp3) is 0.118. The Kier molecular flexibility index (Phi) is 5.92. The highest BCUT2D eigenvalue weighted by atomic mass is 35.5. The quantitative estimate of drug-likeness (QED) is 0.815. The lowest BCUT2D eigenvalue weighted by atomic mass is 10.2. The Balaban J connectivity index is 1.86. The minimum Gasteiger partial charge on any atom is -0.452 e. The third kappa shape index (κ3) is 5.10. The van der Waals surface area contributed by atoms with Crippen LogP contribution in [0.5, 0.6) is 0 Å². The summed E-state index contributed by atoms with van der Waals surface area (Å²) >= 11 is 5.88. The Morgan fingerprint density at radius 1 is 0.958 bits per heavy atom. The normalized spacial score (nSPS) is 9.92. The standard InChI is InChI=1S/C17H15ClN2O4/c1-11(21)19-12-6-8-13(9-7-12)20-16(22)10-24-17(23)14-4-2-3-5-15(14)18/h2-9H,10H2,1H3,(H,19,21)(H,20,22). The van der Waals surface area contributed by atoms with Crippen molar-refractivity contribution in [1.29, 1.82) is 0 Å². The zero-order chi connectivity index (χ0) is 17.5. The number of amides is 2. The Bertz CT molecular complexity index is 759. The molecule has 2 aromatic rings. The molecule has 2 N–H and O–H groups in total. The van der Waals surface area contributed by atoms with E-state index in [1.54, 1.807) is 42.5 Å². The van der Waals surface area contributed by atoms with Crippen LogP contribution >= 0.6 is 11.6 Å². The summed E-state index contributed by atoms with van der Waals surface area (Å²) < 4.78 is 4.93. The SMILES string of the molecule is CC(=O)Nc1ccc(NC(=O)COC(=O)c2ccccc2Cl)cc1. The van der Waals surface area contributed by atoms with Gasteiger partial charge in [-0.2, -0.15) is 0 Å². The zero-order valence-electron chi connectivity index (χ0n) is 12.8. The molecule has 0 saturated carbocycles. The minimum absolute atomic E-state index is 0.182. The van der Waals surface area contributed by atoms with Crippen molar-refractivity contribution < 1.29 is 19.1 Å². The maximum Gasteiger partial charge on any atom is 0.340 e. The van der Waals surface area contributed by atoms with Crippen LogP contribution in [0.4, 0.5) is 11.4 Å². The molecule has 0 fully saturated rings. The van der Waals surface area contributed by atoms with Crippen molar-refractivity contribution in [2.45, 2.75) is 6.92 Å². The number of hydrogen-bond acceptors (Lipinski definition) is 4. The molecule has 24 heavy (non-hydrogen) atoms. The van der Waals surface area contributed by atoms with Gasteiger partial charge in [0.15, 0.2) is 6.61 Å². The van der Waals surface area contributed by atoms with Gasteiger partial charge in [0.05, 0.1) is 10.6 Å². The molecule has 2 rings (SSSR count). The van der Waals surface area contributed by atoms with Gasteiger partial charge in [0.1, 0.15) is 0 Å². The van der Waals surface area contributed by atoms with Crippen molar-refractivity contribution in [3.63, 3.8) is 0 Å². The number of benzene rings is 2. The Morgan fingerprint density at radius 2 is 1.54 bits per heavy atom. The molecule has 0 unspecified atom stereocenters. The van der Waals surface area contributed by atoms with E-state index in [9.17, 15) is 14.4 Å². The molecule has 0 saturated heterocycles. The number of rotatable bonds is 5. The van der Waals surface area contributed by atoms with Crippen molar-refractivity contribution in [1.82, 2.24) is 0 Å². The summed E-state index contributed by atoms with van der Waals surface area (Å²) in [7, 11) is 0. The van der Waals surface area contributed by atoms with E-state index in [-0.39, 0.29) is 16.5 Å². The molecule has 7 heteroatoms. The van der Waals surface area contributed by atoms with Crippen LogP contribution in [0.3, 0.4) is 0 Å². The van der Waals surface area contributed by atoms with Crippen LogP contribution < -0.4 is 10.6 Å². The fourth-order valence-corrected chi connectivity index (χ4v) is 2.09. The topological polar surface area (TPSA) is 84.5 Å². The zero-order valence-corrected chi connectivity index (χ0v) is 13.6. The molecule has 2 amide bonds. The predicted molar refractivity (Wildman–Crippen MR) is 91.1 cm³/mol. The number of nitrogens with one attached hydrogen (secondary N) is 2. The lowest BCUT2D eigenvalue weighted by Crippen LogP contribution is -2.21. The van der Waals surface area contributed by atoms with Gasteiger partial charge < -0.3 is 15.4 Å². The summed E-state index contributed by atoms with van der Waals surface area (Å²) in [5, 5.41) is 5.46. The van der Waals surface area contributed by atoms with Gasteiger partial charge in [-0.05, 0) is 36.4 Å². The second kappa shape index (κ2) is 8.12. The molecule has 0 atom stereocenters. The molecule has 2 aromatic carbocycles. The largest absolute Gasteiger partial charge is 0.452 e. The van der Waals surface area contributed by atoms with Crippen molar-refractivity contribution in [2.75, 3.05) is 17.2 Å². The molecule has 0 aliphatic rings. The Morgan fingerprint density at radius 3 is 2.12 bits per heavy atom. The number of carbonyl (C=O) groups is 3. The predicted octanol–water partition coefficient (Wildman–Crippen LogP) is 3.09. The van der Waals surface area contributed by atoms with Gasteiger partial charge in [0.25, 0.3) is 5.91 Å². The lowest BCUT2D eigenvalue weighted by molar-refractivity contribution is -0.119. The van der Waals surface area contributed by atoms with Crippen molar-refractivity contribution in [3.05, 3.63) is 59.1 Å². The maximum absolute atomic E-state index is 11.8. The number of halogens is 1. The molecule has 0 bridgehead atoms. The molecule has 0 aliphatic carbocycles. The number of ether oxygens (including phenoxy) is 1. The summed E-state index contributed by atoms with van der Waals surface area (Å²) in [4.78, 5) is 34.6. The molecule has 0 spiro atoms. The lowest BCUT2D eigenvalue weighted by Gasteiger charge is -2.08. The van der Waals surface area contributed by atoms with Crippen LogP contribution in [0.2, 0.25) is 5.02 Å². The average Bonchev–Trinajstić information content (AvgIpc) is 2.54. The van der Waals surface area contributed by atoms with Crippen LogP contribution in [0.1, 0.15) is 17.3 Å². The van der Waals surface area contributed by atoms with Gasteiger partial charge in [0.2, 0.25) is 5.91 Å². The van der Waals surface area contributed by atoms with Gasteiger partial charge in [-0.3, -0.25) is 9.59 Å². The van der Waals surface area contributed by atoms with Gasteiger partial charge in [-0.25, -0.2) is 4.79 Å². The van der Waals surface area contributed by atoms with Crippen LogP contribution in [0.15, 0.2) is 48.5 Å². The highest BCUT2D eigenvalue weighted by Gasteiger charge is 2.13. The molecular weight excluding hydrogens is 332 g/mol. The second-order valence-corrected chi connectivity index (χ2v) is 5.27. The Hall–Kier alpha value is -2.86. The number of carbonyl (C=O) groups excluding carboxylic acids is 3. The van der Waals surface area contributed by atoms with Crippen LogP contribution in [0, 0.1) is 0 Å². The first-order valence-corrected chi connectivity index (χ1v) is 7.42. The van der Waals surface area contributed by atoms with Gasteiger partial charge in [0, 0.05) is 18.3 Å². The van der Waals surface area contributed by atoms with E-state index in [1.807, 2.05) is 0 Å². The van der Waals surface area contributed by atoms with E-state index in [1.165, 1.54) is 13.0 Å². The summed E-state index contributed by atoms with van der Waals surface area (Å²) in [5.74, 6) is -1.34. The van der Waals surface area contributed by atoms with Gasteiger partial charge in [-0.15, -0.1) is 0 Å². The van der Waals surface area contributed by atoms with E-state index in [2.05, 4.69) is 10.6 Å². The average molecular weight is 347 g/mol. The maximum atomic E-state index is 11.8. The van der Waals surface area contributed by atoms with Crippen LogP contribution in [0.25, 0.3) is 0 Å². The van der Waals surface area contributed by atoms with E-state index in [0.29, 0.717) is 11.4 Å². The van der Waals surface area contributed by atoms with E-state index >= 15 is 0 Å². The number of hydrogen-bond donors (Lipinski definition) is 2. The summed E-state index contributed by atoms with van der Waals surface area (Å²) in [6, 6.07) is 13.0. The summed E-state index contributed by atoms with van der Waals surface area (Å²) in [6.45, 7) is 0.973. The molecule has 0 heterocycles. The first-order chi connectivity index (χ1) is 11.5. The monoisotopic (exact) mass is 346 g/mol. The molecular formula is C17H15ClN2O4. The first kappa shape index (κ1) is 17.5. The molecule has 6 nitrogen and oxygen atoms in total. The summed E-state index contributed by atoms with van der Waals surface area (Å²) in [5.41, 5.74) is 1.33. The third-order valence-electron chi connectivity index (χ3n) is 2.92. The van der Waals surface area contributed by atoms with Gasteiger partial charge in [-0.1, -0.05) is 23.7 Å². The molecule has 124 valence electrons. The van der Waals surface area contributed by atoms with Crippen molar-refractivity contribution >= 4 is 40.8 Å². The third-order valence-corrected chi connectivity index (χ3v) is 3.25. The fourth-order valence-electron chi connectivity index (χ4n) is 1.87. The van der Waals surface area contributed by atoms with E-state index in [0.717, 1.165) is 0 Å². The molecule has 0 aromatic heterocycles. The Labute approximate surface area is 143 Å². The van der Waals surface area contributed by atoms with Crippen LogP contribution in [-0.2, 0) is 14.3 Å². The molecule has 0 aliphatic heterocycles. The highest BCUT2D eigenvalue weighted by Crippen LogP contribution is 2.16. The first-order valence-electron chi connectivity index (χ1n) is 7.05. The second-order valence-electron chi connectivity index (χ2n) is 4.86. The number of anilines is 2. The number of esters is 1. The smallest absolute Gasteiger partial charge is 0.340 e. The van der Waals surface area contributed by atoms with Crippen molar-refractivity contribution in [2.24, 2.45) is 0 Å². The summed E-state index contributed by atoms with van der Waals surface area (Å²) in [6.07, 6.45) is 0. The van der Waals surface area contributed by atoms with Gasteiger partial charge >= 0.3 is 5.97 Å². The molecule has 0 radical (unpaired) electrons. The minimum atomic E-state index is -0.670. The van der Waals surface area contributed by atoms with Crippen LogP contribution in [-0.4, -0.2) is 24.4 Å². The van der Waals surface area contributed by atoms with Crippen molar-refractivity contribution in [3.8, 4) is 0 Å². The van der Waals surface area contributed by atoms with E-state index < -0.39 is 18.5 Å². The van der Waals surface area contributed by atoms with E-state index in [4.69, 9.17) is 16.3 Å².